The molecule has 0 heterocycles. The van der Waals surface area contributed by atoms with Gasteiger partial charge in [-0.2, -0.15) is 0 Å². The van der Waals surface area contributed by atoms with Crippen LogP contribution in [0.4, 0.5) is 0 Å². The molecule has 0 aromatic heterocycles. The van der Waals surface area contributed by atoms with Gasteiger partial charge in [-0.15, -0.1) is 0 Å². The van der Waals surface area contributed by atoms with Gasteiger partial charge in [-0.25, -0.2) is 0 Å². The van der Waals surface area contributed by atoms with Crippen molar-refractivity contribution in [2.24, 2.45) is 5.73 Å². The fourth-order valence-electron chi connectivity index (χ4n) is 2.00. The minimum atomic E-state index is -0.991. The average Bonchev–Trinajstić information content (AvgIpc) is 2.48. The molecule has 0 radical (unpaired) electrons. The van der Waals surface area contributed by atoms with E-state index < -0.39 is 12.0 Å². The maximum absolute atomic E-state index is 10.7. The van der Waals surface area contributed by atoms with E-state index in [0.717, 1.165) is 16.9 Å². The monoisotopic (exact) mass is 285 g/mol. The minimum Gasteiger partial charge on any atom is -0.489 e. The predicted octanol–water partition coefficient (Wildman–Crippen LogP) is 2.53. The Morgan fingerprint density at radius 2 is 1.86 bits per heavy atom. The highest BCUT2D eigenvalue weighted by Gasteiger charge is 2.11. The summed E-state index contributed by atoms with van der Waals surface area (Å²) in [4.78, 5) is 10.7. The summed E-state index contributed by atoms with van der Waals surface area (Å²) in [5.41, 5.74) is 8.73. The molecular weight excluding hydrogens is 266 g/mol. The maximum atomic E-state index is 10.7. The van der Waals surface area contributed by atoms with Crippen molar-refractivity contribution in [2.45, 2.75) is 26.0 Å². The van der Waals surface area contributed by atoms with Crippen molar-refractivity contribution in [1.82, 2.24) is 0 Å². The number of hydrogen-bond acceptors (Lipinski definition) is 3. The molecular formula is C17H19NO3. The van der Waals surface area contributed by atoms with E-state index in [-0.39, 0.29) is 0 Å². The molecule has 4 nitrogen and oxygen atoms in total. The standard InChI is InChI=1S/C17H19NO3/c1-12-4-2-3-5-14(12)11-21-15-8-6-13(7-9-15)10-16(18)17(19)20/h2-9,16H,10-11,18H2,1H3,(H,19,20). The molecule has 110 valence electrons. The molecule has 0 aliphatic heterocycles. The Labute approximate surface area is 124 Å². The molecule has 1 unspecified atom stereocenters. The molecule has 0 bridgehead atoms. The molecule has 3 N–H and O–H groups in total. The SMILES string of the molecule is Cc1ccccc1COc1ccc(CC(N)C(=O)O)cc1. The van der Waals surface area contributed by atoms with Gasteiger partial charge in [-0.05, 0) is 42.2 Å². The zero-order valence-corrected chi connectivity index (χ0v) is 12.0. The molecule has 0 saturated heterocycles. The summed E-state index contributed by atoms with van der Waals surface area (Å²) in [7, 11) is 0. The van der Waals surface area contributed by atoms with Crippen LogP contribution < -0.4 is 10.5 Å². The number of ether oxygens (including phenoxy) is 1. The Morgan fingerprint density at radius 3 is 2.48 bits per heavy atom. The highest BCUT2D eigenvalue weighted by Crippen LogP contribution is 2.16. The smallest absolute Gasteiger partial charge is 0.320 e. The number of hydrogen-bond donors (Lipinski definition) is 2. The Bertz CT molecular complexity index is 608. The first-order valence-electron chi connectivity index (χ1n) is 6.81. The van der Waals surface area contributed by atoms with Crippen LogP contribution in [0.2, 0.25) is 0 Å². The summed E-state index contributed by atoms with van der Waals surface area (Å²) in [6, 6.07) is 14.6. The van der Waals surface area contributed by atoms with Gasteiger partial charge in [-0.3, -0.25) is 4.79 Å². The van der Waals surface area contributed by atoms with E-state index in [2.05, 4.69) is 13.0 Å². The van der Waals surface area contributed by atoms with Gasteiger partial charge >= 0.3 is 5.97 Å². The lowest BCUT2D eigenvalue weighted by atomic mass is 10.1. The van der Waals surface area contributed by atoms with Crippen molar-refractivity contribution in [3.8, 4) is 5.75 Å². The van der Waals surface area contributed by atoms with E-state index in [1.54, 1.807) is 0 Å². The van der Waals surface area contributed by atoms with Crippen molar-refractivity contribution >= 4 is 5.97 Å². The van der Waals surface area contributed by atoms with Gasteiger partial charge in [0.15, 0.2) is 0 Å². The molecule has 0 aliphatic carbocycles. The van der Waals surface area contributed by atoms with Gasteiger partial charge < -0.3 is 15.6 Å². The molecule has 0 fully saturated rings. The van der Waals surface area contributed by atoms with Crippen LogP contribution in [-0.4, -0.2) is 17.1 Å². The number of carbonyl (C=O) groups is 1. The van der Waals surface area contributed by atoms with Crippen LogP contribution in [0.1, 0.15) is 16.7 Å². The van der Waals surface area contributed by atoms with Gasteiger partial charge in [0.2, 0.25) is 0 Å². The van der Waals surface area contributed by atoms with E-state index in [1.807, 2.05) is 42.5 Å². The predicted molar refractivity (Wildman–Crippen MR) is 81.3 cm³/mol. The Kier molecular flexibility index (Phi) is 4.95. The fourth-order valence-corrected chi connectivity index (χ4v) is 2.00. The lowest BCUT2D eigenvalue weighted by Gasteiger charge is -2.10. The molecule has 2 aromatic carbocycles. The van der Waals surface area contributed by atoms with E-state index >= 15 is 0 Å². The van der Waals surface area contributed by atoms with Gasteiger partial charge in [0.25, 0.3) is 0 Å². The molecule has 2 rings (SSSR count). The average molecular weight is 285 g/mol. The van der Waals surface area contributed by atoms with Gasteiger partial charge in [0.05, 0.1) is 0 Å². The molecule has 0 saturated carbocycles. The molecule has 21 heavy (non-hydrogen) atoms. The number of benzene rings is 2. The first kappa shape index (κ1) is 15.1. The second-order valence-corrected chi connectivity index (χ2v) is 5.01. The second-order valence-electron chi connectivity index (χ2n) is 5.01. The Hall–Kier alpha value is -2.33. The topological polar surface area (TPSA) is 72.5 Å². The third-order valence-electron chi connectivity index (χ3n) is 3.35. The van der Waals surface area contributed by atoms with Crippen LogP contribution in [0, 0.1) is 6.92 Å². The third kappa shape index (κ3) is 4.33. The third-order valence-corrected chi connectivity index (χ3v) is 3.35. The van der Waals surface area contributed by atoms with Crippen molar-refractivity contribution in [2.75, 3.05) is 0 Å². The Balaban J connectivity index is 1.94. The number of carboxylic acids is 1. The van der Waals surface area contributed by atoms with E-state index in [0.29, 0.717) is 13.0 Å². The lowest BCUT2D eigenvalue weighted by Crippen LogP contribution is -2.32. The zero-order valence-electron chi connectivity index (χ0n) is 12.0. The van der Waals surface area contributed by atoms with Crippen LogP contribution in [0.25, 0.3) is 0 Å². The Morgan fingerprint density at radius 1 is 1.19 bits per heavy atom. The van der Waals surface area contributed by atoms with Gasteiger partial charge in [0.1, 0.15) is 18.4 Å². The number of aliphatic carboxylic acids is 1. The zero-order chi connectivity index (χ0) is 15.2. The summed E-state index contributed by atoms with van der Waals surface area (Å²) in [5, 5.41) is 8.78. The fraction of sp³-hybridized carbons (Fsp3) is 0.235. The molecule has 0 amide bonds. The van der Waals surface area contributed by atoms with E-state index in [1.165, 1.54) is 5.56 Å². The van der Waals surface area contributed by atoms with Crippen LogP contribution in [-0.2, 0) is 17.8 Å². The van der Waals surface area contributed by atoms with Crippen molar-refractivity contribution < 1.29 is 14.6 Å². The maximum Gasteiger partial charge on any atom is 0.320 e. The van der Waals surface area contributed by atoms with E-state index in [9.17, 15) is 4.79 Å². The number of nitrogens with two attached hydrogens (primary N) is 1. The number of aryl methyl sites for hydroxylation is 1. The summed E-state index contributed by atoms with van der Waals surface area (Å²) < 4.78 is 5.73. The molecule has 0 aliphatic rings. The summed E-state index contributed by atoms with van der Waals surface area (Å²) in [6.45, 7) is 2.57. The second kappa shape index (κ2) is 6.90. The lowest BCUT2D eigenvalue weighted by molar-refractivity contribution is -0.138. The summed E-state index contributed by atoms with van der Waals surface area (Å²) >= 11 is 0. The molecule has 1 atom stereocenters. The number of carboxylic acid groups (broad SMARTS) is 1. The minimum absolute atomic E-state index is 0.313. The normalized spacial score (nSPS) is 11.9. The van der Waals surface area contributed by atoms with Crippen LogP contribution in [0.3, 0.4) is 0 Å². The van der Waals surface area contributed by atoms with Crippen molar-refractivity contribution in [1.29, 1.82) is 0 Å². The van der Waals surface area contributed by atoms with Gasteiger partial charge in [-0.1, -0.05) is 36.4 Å². The molecule has 2 aromatic rings. The summed E-state index contributed by atoms with van der Waals surface area (Å²) in [5.74, 6) is -0.235. The van der Waals surface area contributed by atoms with E-state index in [4.69, 9.17) is 15.6 Å². The van der Waals surface area contributed by atoms with Crippen LogP contribution in [0.5, 0.6) is 5.75 Å². The largest absolute Gasteiger partial charge is 0.489 e. The number of rotatable bonds is 6. The van der Waals surface area contributed by atoms with Crippen molar-refractivity contribution in [3.63, 3.8) is 0 Å². The molecule has 0 spiro atoms. The van der Waals surface area contributed by atoms with Gasteiger partial charge in [0, 0.05) is 0 Å². The quantitative estimate of drug-likeness (QED) is 0.855. The van der Waals surface area contributed by atoms with Crippen molar-refractivity contribution in [3.05, 3.63) is 65.2 Å². The van der Waals surface area contributed by atoms with Crippen LogP contribution >= 0.6 is 0 Å². The first-order valence-corrected chi connectivity index (χ1v) is 6.81. The summed E-state index contributed by atoms with van der Waals surface area (Å²) in [6.07, 6.45) is 0.313. The highest BCUT2D eigenvalue weighted by molar-refractivity contribution is 5.73. The van der Waals surface area contributed by atoms with Crippen LogP contribution in [0.15, 0.2) is 48.5 Å². The molecule has 4 heteroatoms. The first-order chi connectivity index (χ1) is 10.1. The highest BCUT2D eigenvalue weighted by atomic mass is 16.5.